The molecule has 0 unspecified atom stereocenters. The predicted octanol–water partition coefficient (Wildman–Crippen LogP) is 5.59. The number of aromatic nitrogens is 6. The van der Waals surface area contributed by atoms with Crippen molar-refractivity contribution in [3.8, 4) is 22.5 Å². The van der Waals surface area contributed by atoms with Crippen LogP contribution in [0.25, 0.3) is 22.5 Å². The number of pyridine rings is 2. The Bertz CT molecular complexity index is 1490. The highest BCUT2D eigenvalue weighted by Gasteiger charge is 2.24. The van der Waals surface area contributed by atoms with E-state index in [1.165, 1.54) is 61.8 Å². The van der Waals surface area contributed by atoms with E-state index in [0.29, 0.717) is 23.3 Å². The lowest BCUT2D eigenvalue weighted by atomic mass is 9.95. The molecule has 0 N–H and O–H groups in total. The minimum Gasteiger partial charge on any atom is -0.619 e. The Morgan fingerprint density at radius 2 is 1.30 bits per heavy atom. The van der Waals surface area contributed by atoms with E-state index in [1.807, 2.05) is 36.0 Å². The van der Waals surface area contributed by atoms with E-state index in [4.69, 9.17) is 0 Å². The molecule has 2 saturated carbocycles. The second-order valence-electron chi connectivity index (χ2n) is 11.4. The van der Waals surface area contributed by atoms with Crippen LogP contribution in [0.1, 0.15) is 64.2 Å². The van der Waals surface area contributed by atoms with Gasteiger partial charge in [0, 0.05) is 62.6 Å². The molecule has 0 saturated heterocycles. The third kappa shape index (κ3) is 7.46. The largest absolute Gasteiger partial charge is 0.619 e. The van der Waals surface area contributed by atoms with E-state index in [2.05, 4.69) is 15.0 Å². The zero-order chi connectivity index (χ0) is 30.2. The van der Waals surface area contributed by atoms with Gasteiger partial charge >= 0.3 is 12.1 Å². The Balaban J connectivity index is 0.000000171. The minimum absolute atomic E-state index is 0.00968. The third-order valence-electron chi connectivity index (χ3n) is 8.48. The second kappa shape index (κ2) is 14.1. The zero-order valence-corrected chi connectivity index (χ0v) is 25.0. The van der Waals surface area contributed by atoms with Crippen LogP contribution in [0.5, 0.6) is 0 Å². The maximum atomic E-state index is 12.5. The van der Waals surface area contributed by atoms with Crippen LogP contribution in [0.2, 0.25) is 0 Å². The third-order valence-corrected chi connectivity index (χ3v) is 8.48. The van der Waals surface area contributed by atoms with Crippen molar-refractivity contribution in [2.24, 2.45) is 0 Å². The SMILES string of the molecule is CN(C(=O)n1cnc(-c2ccc[n+]([O-])c2)c1)C1CCCCC1.CN(C(=O)n1cnc(-c2cccnc2)c1)C1CCCCC1. The monoisotopic (exact) mass is 584 g/mol. The van der Waals surface area contributed by atoms with Crippen LogP contribution >= 0.6 is 0 Å². The first-order chi connectivity index (χ1) is 20.9. The summed E-state index contributed by atoms with van der Waals surface area (Å²) in [5.74, 6) is 0. The van der Waals surface area contributed by atoms with Gasteiger partial charge in [-0.25, -0.2) is 19.6 Å². The highest BCUT2D eigenvalue weighted by molar-refractivity contribution is 5.78. The van der Waals surface area contributed by atoms with Crippen molar-refractivity contribution >= 4 is 12.1 Å². The first-order valence-electron chi connectivity index (χ1n) is 15.1. The first kappa shape index (κ1) is 29.9. The number of hydrogen-bond donors (Lipinski definition) is 0. The highest BCUT2D eigenvalue weighted by atomic mass is 16.5. The van der Waals surface area contributed by atoms with Gasteiger partial charge < -0.3 is 15.0 Å². The Labute approximate surface area is 252 Å². The van der Waals surface area contributed by atoms with Crippen molar-refractivity contribution in [2.75, 3.05) is 14.1 Å². The molecule has 43 heavy (non-hydrogen) atoms. The maximum absolute atomic E-state index is 12.5. The number of imidazole rings is 2. The number of carbonyl (C=O) groups is 2. The molecule has 0 radical (unpaired) electrons. The molecule has 2 aliphatic rings. The smallest absolute Gasteiger partial charge is 0.329 e. The van der Waals surface area contributed by atoms with Gasteiger partial charge in [-0.1, -0.05) is 38.5 Å². The Morgan fingerprint density at radius 3 is 1.79 bits per heavy atom. The summed E-state index contributed by atoms with van der Waals surface area (Å²) in [5.41, 5.74) is 3.01. The van der Waals surface area contributed by atoms with Gasteiger partial charge in [-0.2, -0.15) is 4.73 Å². The molecular weight excluding hydrogens is 544 g/mol. The van der Waals surface area contributed by atoms with Crippen LogP contribution in [0, 0.1) is 5.21 Å². The quantitative estimate of drug-likeness (QED) is 0.228. The summed E-state index contributed by atoms with van der Waals surface area (Å²) in [6.45, 7) is 0. The average Bonchev–Trinajstić information content (AvgIpc) is 3.76. The summed E-state index contributed by atoms with van der Waals surface area (Å²) in [4.78, 5) is 41.4. The summed E-state index contributed by atoms with van der Waals surface area (Å²) in [5, 5.41) is 11.3. The number of nitrogens with zero attached hydrogens (tertiary/aromatic N) is 8. The fourth-order valence-electron chi connectivity index (χ4n) is 5.89. The second-order valence-corrected chi connectivity index (χ2v) is 11.4. The fourth-order valence-corrected chi connectivity index (χ4v) is 5.89. The van der Waals surface area contributed by atoms with Gasteiger partial charge in [0.25, 0.3) is 0 Å². The van der Waals surface area contributed by atoms with Crippen LogP contribution in [0.4, 0.5) is 9.59 Å². The molecule has 0 aliphatic heterocycles. The van der Waals surface area contributed by atoms with Crippen LogP contribution in [-0.2, 0) is 0 Å². The van der Waals surface area contributed by atoms with Gasteiger partial charge in [0.05, 0.1) is 17.0 Å². The lowest BCUT2D eigenvalue weighted by Gasteiger charge is -2.31. The molecule has 4 aromatic rings. The van der Waals surface area contributed by atoms with Crippen molar-refractivity contribution < 1.29 is 14.3 Å². The summed E-state index contributed by atoms with van der Waals surface area (Å²) in [6, 6.07) is 7.86. The number of rotatable bonds is 4. The van der Waals surface area contributed by atoms with E-state index >= 15 is 0 Å². The molecule has 11 heteroatoms. The summed E-state index contributed by atoms with van der Waals surface area (Å²) in [6.07, 6.45) is 24.6. The molecule has 11 nitrogen and oxygen atoms in total. The van der Waals surface area contributed by atoms with Gasteiger partial charge in [0.15, 0.2) is 12.4 Å². The molecule has 0 atom stereocenters. The zero-order valence-electron chi connectivity index (χ0n) is 25.0. The molecule has 6 rings (SSSR count). The Morgan fingerprint density at radius 1 is 0.791 bits per heavy atom. The molecule has 4 aromatic heterocycles. The van der Waals surface area contributed by atoms with E-state index in [9.17, 15) is 14.8 Å². The molecular formula is C32H40N8O3. The van der Waals surface area contributed by atoms with Gasteiger partial charge in [-0.3, -0.25) is 14.1 Å². The minimum atomic E-state index is -0.0726. The normalized spacial score (nSPS) is 15.8. The van der Waals surface area contributed by atoms with Crippen molar-refractivity contribution in [3.05, 3.63) is 79.3 Å². The number of amides is 2. The summed E-state index contributed by atoms with van der Waals surface area (Å²) < 4.78 is 3.79. The van der Waals surface area contributed by atoms with Gasteiger partial charge in [-0.05, 0) is 43.9 Å². The van der Waals surface area contributed by atoms with E-state index in [1.54, 1.807) is 47.8 Å². The van der Waals surface area contributed by atoms with Crippen molar-refractivity contribution in [2.45, 2.75) is 76.3 Å². The molecule has 0 aromatic carbocycles. The standard InChI is InChI=1S/C16H20N4O2.C16H20N4O/c1-18(14-7-3-2-4-8-14)16(21)19-11-15(17-12-19)13-6-5-9-20(22)10-13;1-19(14-7-3-2-4-8-14)16(21)20-11-15(18-12-20)13-6-5-9-17-10-13/h5-6,9-12,14H,2-4,7-8H2,1H3;5-6,9-12,14H,2-4,7-8H2,1H3. The Kier molecular flexibility index (Phi) is 9.81. The molecule has 4 heterocycles. The van der Waals surface area contributed by atoms with Gasteiger partial charge in [-0.15, -0.1) is 0 Å². The van der Waals surface area contributed by atoms with Crippen LogP contribution < -0.4 is 4.73 Å². The van der Waals surface area contributed by atoms with E-state index < -0.39 is 0 Å². The Hall–Kier alpha value is -4.54. The molecule has 226 valence electrons. The molecule has 2 aliphatic carbocycles. The van der Waals surface area contributed by atoms with Crippen LogP contribution in [-0.4, -0.2) is 72.1 Å². The summed E-state index contributed by atoms with van der Waals surface area (Å²) >= 11 is 0. The van der Waals surface area contributed by atoms with Crippen LogP contribution in [0.15, 0.2) is 74.1 Å². The lowest BCUT2D eigenvalue weighted by molar-refractivity contribution is -0.604. The lowest BCUT2D eigenvalue weighted by Crippen LogP contribution is -2.40. The number of carbonyl (C=O) groups excluding carboxylic acids is 2. The van der Waals surface area contributed by atoms with Gasteiger partial charge in [0.1, 0.15) is 12.7 Å². The fraction of sp³-hybridized carbons (Fsp3) is 0.438. The molecule has 0 bridgehead atoms. The predicted molar refractivity (Wildman–Crippen MR) is 163 cm³/mol. The van der Waals surface area contributed by atoms with Crippen LogP contribution in [0.3, 0.4) is 0 Å². The molecule has 2 amide bonds. The average molecular weight is 585 g/mol. The topological polar surface area (TPSA) is 116 Å². The maximum Gasteiger partial charge on any atom is 0.329 e. The summed E-state index contributed by atoms with van der Waals surface area (Å²) in [7, 11) is 3.74. The van der Waals surface area contributed by atoms with Crippen molar-refractivity contribution in [1.29, 1.82) is 0 Å². The van der Waals surface area contributed by atoms with Gasteiger partial charge in [0.2, 0.25) is 0 Å². The first-order valence-corrected chi connectivity index (χ1v) is 15.1. The van der Waals surface area contributed by atoms with Crippen molar-refractivity contribution in [3.63, 3.8) is 0 Å². The molecule has 0 spiro atoms. The van der Waals surface area contributed by atoms with E-state index in [0.717, 1.165) is 41.7 Å². The highest BCUT2D eigenvalue weighted by Crippen LogP contribution is 2.24. The van der Waals surface area contributed by atoms with E-state index in [-0.39, 0.29) is 12.1 Å². The van der Waals surface area contributed by atoms with Crippen molar-refractivity contribution in [1.82, 2.24) is 33.9 Å². The number of hydrogen-bond acceptors (Lipinski definition) is 6. The molecule has 2 fully saturated rings.